The highest BCUT2D eigenvalue weighted by Gasteiger charge is 2.65. The van der Waals surface area contributed by atoms with E-state index in [1.807, 2.05) is 37.3 Å². The molecule has 31 heavy (non-hydrogen) atoms. The number of unbranched alkanes of at least 4 members (excludes halogenated alkanes) is 2. The molecular formula is C26H38O5. The van der Waals surface area contributed by atoms with Gasteiger partial charge in [-0.05, 0) is 30.2 Å². The van der Waals surface area contributed by atoms with Gasteiger partial charge >= 0.3 is 11.9 Å². The van der Waals surface area contributed by atoms with Gasteiger partial charge in [-0.2, -0.15) is 0 Å². The molecule has 0 spiro atoms. The van der Waals surface area contributed by atoms with Crippen LogP contribution in [-0.4, -0.2) is 29.3 Å². The molecule has 1 aromatic carbocycles. The fraction of sp³-hybridized carbons (Fsp3) is 0.692. The van der Waals surface area contributed by atoms with Gasteiger partial charge in [0.2, 0.25) is 0 Å². The average Bonchev–Trinajstić information content (AvgIpc) is 3.52. The summed E-state index contributed by atoms with van der Waals surface area (Å²) in [4.78, 5) is 26.1. The summed E-state index contributed by atoms with van der Waals surface area (Å²) in [5.41, 5.74) is -0.112. The molecule has 1 heterocycles. The minimum atomic E-state index is -1.02. The van der Waals surface area contributed by atoms with E-state index in [1.165, 1.54) is 0 Å². The summed E-state index contributed by atoms with van der Waals surface area (Å²) < 4.78 is 11.6. The number of carboxylic acids is 1. The molecule has 1 aromatic rings. The second-order valence-electron chi connectivity index (χ2n) is 9.59. The minimum Gasteiger partial charge on any atom is -0.481 e. The third-order valence-electron chi connectivity index (χ3n) is 7.28. The van der Waals surface area contributed by atoms with Crippen LogP contribution in [0.25, 0.3) is 0 Å². The zero-order valence-corrected chi connectivity index (χ0v) is 19.2. The van der Waals surface area contributed by atoms with Crippen molar-refractivity contribution >= 4 is 11.9 Å². The summed E-state index contributed by atoms with van der Waals surface area (Å²) in [6.45, 7) is 6.44. The van der Waals surface area contributed by atoms with Crippen molar-refractivity contribution in [2.24, 2.45) is 23.2 Å². The van der Waals surface area contributed by atoms with Gasteiger partial charge in [-0.3, -0.25) is 9.59 Å². The summed E-state index contributed by atoms with van der Waals surface area (Å²) >= 11 is 0. The van der Waals surface area contributed by atoms with E-state index in [4.69, 9.17) is 9.47 Å². The lowest BCUT2D eigenvalue weighted by Gasteiger charge is -2.43. The van der Waals surface area contributed by atoms with Crippen LogP contribution >= 0.6 is 0 Å². The molecule has 172 valence electrons. The van der Waals surface area contributed by atoms with E-state index < -0.39 is 17.3 Å². The van der Waals surface area contributed by atoms with Crippen molar-refractivity contribution in [1.82, 2.24) is 0 Å². The molecule has 0 amide bonds. The number of carbonyl (C=O) groups excluding carboxylic acids is 1. The number of rotatable bonds is 12. The molecule has 1 aliphatic carbocycles. The summed E-state index contributed by atoms with van der Waals surface area (Å²) in [5, 5.41) is 10.2. The monoisotopic (exact) mass is 430 g/mol. The average molecular weight is 431 g/mol. The molecule has 1 saturated carbocycles. The first-order valence-electron chi connectivity index (χ1n) is 12.0. The summed E-state index contributed by atoms with van der Waals surface area (Å²) in [7, 11) is 0. The Bertz CT molecular complexity index is 733. The van der Waals surface area contributed by atoms with Gasteiger partial charge in [-0.15, -0.1) is 0 Å². The summed E-state index contributed by atoms with van der Waals surface area (Å²) in [6, 6.07) is 9.59. The standard InChI is InChI=1S/C26H38O5/c1-4-6-8-12-19(11-5-2)15-26(25(29)30-17-20-13-9-7-10-14-20)16-21-23(31-21)18(3)22(26)24(27)28/h7,9-10,13-14,18-19,21-23H,4-6,8,11-12,15-17H2,1-3H3,(H,27,28). The number of benzene rings is 1. The third-order valence-corrected chi connectivity index (χ3v) is 7.28. The van der Waals surface area contributed by atoms with E-state index in [9.17, 15) is 14.7 Å². The zero-order chi connectivity index (χ0) is 22.4. The quantitative estimate of drug-likeness (QED) is 0.265. The first-order valence-corrected chi connectivity index (χ1v) is 12.0. The maximum atomic E-state index is 13.6. The number of carbonyl (C=O) groups is 2. The van der Waals surface area contributed by atoms with Gasteiger partial charge in [0.1, 0.15) is 6.61 Å². The first-order chi connectivity index (χ1) is 14.9. The molecule has 0 bridgehead atoms. The Balaban J connectivity index is 1.86. The fourth-order valence-corrected chi connectivity index (χ4v) is 5.75. The second-order valence-corrected chi connectivity index (χ2v) is 9.59. The van der Waals surface area contributed by atoms with E-state index in [1.54, 1.807) is 0 Å². The maximum Gasteiger partial charge on any atom is 0.313 e. The largest absolute Gasteiger partial charge is 0.481 e. The molecule has 1 saturated heterocycles. The Morgan fingerprint density at radius 2 is 1.90 bits per heavy atom. The lowest BCUT2D eigenvalue weighted by molar-refractivity contribution is -0.175. The molecule has 5 nitrogen and oxygen atoms in total. The normalized spacial score (nSPS) is 30.3. The van der Waals surface area contributed by atoms with Crippen molar-refractivity contribution in [2.75, 3.05) is 0 Å². The number of fused-ring (bicyclic) bond motifs is 1. The van der Waals surface area contributed by atoms with Crippen LogP contribution in [0.5, 0.6) is 0 Å². The first kappa shape index (κ1) is 23.8. The molecule has 2 aliphatic rings. The van der Waals surface area contributed by atoms with E-state index in [-0.39, 0.29) is 30.7 Å². The van der Waals surface area contributed by atoms with Crippen molar-refractivity contribution < 1.29 is 24.2 Å². The van der Waals surface area contributed by atoms with Gasteiger partial charge in [0.05, 0.1) is 23.5 Å². The lowest BCUT2D eigenvalue weighted by Crippen LogP contribution is -2.52. The predicted molar refractivity (Wildman–Crippen MR) is 119 cm³/mol. The Kier molecular flexibility index (Phi) is 8.15. The van der Waals surface area contributed by atoms with E-state index in [2.05, 4.69) is 13.8 Å². The van der Waals surface area contributed by atoms with E-state index in [0.29, 0.717) is 18.8 Å². The fourth-order valence-electron chi connectivity index (χ4n) is 5.75. The van der Waals surface area contributed by atoms with E-state index in [0.717, 1.165) is 44.1 Å². The third kappa shape index (κ3) is 5.49. The Labute approximate surface area is 186 Å². The van der Waals surface area contributed by atoms with Crippen molar-refractivity contribution in [3.8, 4) is 0 Å². The van der Waals surface area contributed by atoms with Crippen LogP contribution in [0.2, 0.25) is 0 Å². The van der Waals surface area contributed by atoms with Gasteiger partial charge in [0.15, 0.2) is 0 Å². The van der Waals surface area contributed by atoms with Gasteiger partial charge < -0.3 is 14.6 Å². The number of hydrogen-bond donors (Lipinski definition) is 1. The predicted octanol–water partition coefficient (Wildman–Crippen LogP) is 5.61. The molecule has 1 aliphatic heterocycles. The smallest absolute Gasteiger partial charge is 0.313 e. The van der Waals surface area contributed by atoms with Gasteiger partial charge in [-0.25, -0.2) is 0 Å². The van der Waals surface area contributed by atoms with Crippen LogP contribution in [0.1, 0.15) is 77.7 Å². The molecule has 0 radical (unpaired) electrons. The molecule has 0 aromatic heterocycles. The van der Waals surface area contributed by atoms with Gasteiger partial charge in [0, 0.05) is 0 Å². The highest BCUT2D eigenvalue weighted by atomic mass is 16.6. The Morgan fingerprint density at radius 3 is 2.55 bits per heavy atom. The number of ether oxygens (including phenoxy) is 2. The van der Waals surface area contributed by atoms with Gasteiger partial charge in [-0.1, -0.05) is 89.6 Å². The van der Waals surface area contributed by atoms with Crippen molar-refractivity contribution in [3.05, 3.63) is 35.9 Å². The van der Waals surface area contributed by atoms with Gasteiger partial charge in [0.25, 0.3) is 0 Å². The number of epoxide rings is 1. The second kappa shape index (κ2) is 10.6. The van der Waals surface area contributed by atoms with Crippen molar-refractivity contribution in [1.29, 1.82) is 0 Å². The van der Waals surface area contributed by atoms with Crippen LogP contribution in [0, 0.1) is 23.2 Å². The summed E-state index contributed by atoms with van der Waals surface area (Å²) in [6.07, 6.45) is 7.47. The zero-order valence-electron chi connectivity index (χ0n) is 19.2. The SMILES string of the molecule is CCCCCC(CCC)CC1(C(=O)OCc2ccccc2)CC2OC2C(C)C1C(=O)O. The number of esters is 1. The lowest BCUT2D eigenvalue weighted by atomic mass is 9.58. The summed E-state index contributed by atoms with van der Waals surface area (Å²) in [5.74, 6) is -1.91. The Morgan fingerprint density at radius 1 is 1.16 bits per heavy atom. The molecule has 1 N–H and O–H groups in total. The van der Waals surface area contributed by atoms with Crippen LogP contribution in [0.3, 0.4) is 0 Å². The minimum absolute atomic E-state index is 0.0206. The topological polar surface area (TPSA) is 76.1 Å². The Hall–Kier alpha value is -1.88. The highest BCUT2D eigenvalue weighted by Crippen LogP contribution is 2.57. The van der Waals surface area contributed by atoms with Crippen LogP contribution in [0.4, 0.5) is 0 Å². The molecule has 3 rings (SSSR count). The van der Waals surface area contributed by atoms with E-state index >= 15 is 0 Å². The molecule has 2 fully saturated rings. The van der Waals surface area contributed by atoms with Crippen LogP contribution in [0.15, 0.2) is 30.3 Å². The molecular weight excluding hydrogens is 392 g/mol. The molecule has 6 unspecified atom stereocenters. The molecule has 6 atom stereocenters. The van der Waals surface area contributed by atoms with Crippen molar-refractivity contribution in [2.45, 2.75) is 91.0 Å². The number of hydrogen-bond acceptors (Lipinski definition) is 4. The van der Waals surface area contributed by atoms with Crippen LogP contribution < -0.4 is 0 Å². The molecule has 5 heteroatoms. The highest BCUT2D eigenvalue weighted by molar-refractivity contribution is 5.85. The van der Waals surface area contributed by atoms with Crippen LogP contribution in [-0.2, 0) is 25.7 Å². The maximum absolute atomic E-state index is 13.6. The number of carboxylic acid groups (broad SMARTS) is 1. The number of aliphatic carboxylic acids is 1. The van der Waals surface area contributed by atoms with Crippen molar-refractivity contribution in [3.63, 3.8) is 0 Å².